The van der Waals surface area contributed by atoms with Crippen LogP contribution in [-0.4, -0.2) is 23.6 Å². The quantitative estimate of drug-likeness (QED) is 0.882. The number of hydrogen-bond donors (Lipinski definition) is 1. The lowest BCUT2D eigenvalue weighted by Gasteiger charge is -2.16. The van der Waals surface area contributed by atoms with Gasteiger partial charge in [-0.15, -0.1) is 0 Å². The van der Waals surface area contributed by atoms with Crippen molar-refractivity contribution in [2.45, 2.75) is 19.4 Å². The van der Waals surface area contributed by atoms with Gasteiger partial charge < -0.3 is 14.5 Å². The van der Waals surface area contributed by atoms with Gasteiger partial charge in [0.1, 0.15) is 6.33 Å². The van der Waals surface area contributed by atoms with E-state index in [9.17, 15) is 0 Å². The van der Waals surface area contributed by atoms with Crippen LogP contribution in [-0.2, 0) is 6.42 Å². The molecule has 2 heterocycles. The number of nitrogens with zero attached hydrogens (tertiary/aromatic N) is 2. The summed E-state index contributed by atoms with van der Waals surface area (Å²) in [6.07, 6.45) is 3.77. The molecule has 0 saturated carbocycles. The Kier molecular flexibility index (Phi) is 4.76. The molecule has 2 aromatic heterocycles. The molecule has 6 heteroatoms. The zero-order valence-electron chi connectivity index (χ0n) is 10.9. The van der Waals surface area contributed by atoms with Gasteiger partial charge in [-0.25, -0.2) is 9.97 Å². The number of halogens is 1. The Morgan fingerprint density at radius 2 is 2.32 bits per heavy atom. The van der Waals surface area contributed by atoms with Crippen molar-refractivity contribution in [1.82, 2.24) is 15.3 Å². The van der Waals surface area contributed by atoms with Gasteiger partial charge in [-0.05, 0) is 24.2 Å². The van der Waals surface area contributed by atoms with Gasteiger partial charge in [0, 0.05) is 29.8 Å². The predicted molar refractivity (Wildman–Crippen MR) is 72.4 cm³/mol. The third-order valence-electron chi connectivity index (χ3n) is 2.79. The fourth-order valence-corrected chi connectivity index (χ4v) is 2.15. The minimum Gasteiger partial charge on any atom is -0.481 e. The van der Waals surface area contributed by atoms with Gasteiger partial charge in [-0.2, -0.15) is 0 Å². The summed E-state index contributed by atoms with van der Waals surface area (Å²) in [6.45, 7) is 2.87. The van der Waals surface area contributed by atoms with Crippen molar-refractivity contribution >= 4 is 11.6 Å². The van der Waals surface area contributed by atoms with Crippen molar-refractivity contribution in [2.75, 3.05) is 13.7 Å². The average Bonchev–Trinajstić information content (AvgIpc) is 2.85. The van der Waals surface area contributed by atoms with E-state index in [4.69, 9.17) is 20.8 Å². The van der Waals surface area contributed by atoms with Crippen molar-refractivity contribution in [3.63, 3.8) is 0 Å². The van der Waals surface area contributed by atoms with Gasteiger partial charge in [0.2, 0.25) is 5.88 Å². The lowest BCUT2D eigenvalue weighted by atomic mass is 10.0. The van der Waals surface area contributed by atoms with Gasteiger partial charge >= 0.3 is 0 Å². The summed E-state index contributed by atoms with van der Waals surface area (Å²) in [5.41, 5.74) is 1.82. The molecule has 0 saturated heterocycles. The van der Waals surface area contributed by atoms with Crippen LogP contribution in [0.5, 0.6) is 5.88 Å². The largest absolute Gasteiger partial charge is 0.481 e. The van der Waals surface area contributed by atoms with Crippen LogP contribution in [0.1, 0.15) is 24.2 Å². The van der Waals surface area contributed by atoms with Crippen LogP contribution in [0.3, 0.4) is 0 Å². The van der Waals surface area contributed by atoms with E-state index in [0.717, 1.165) is 17.8 Å². The summed E-state index contributed by atoms with van der Waals surface area (Å²) in [6, 6.07) is 3.74. The third-order valence-corrected chi connectivity index (χ3v) is 3.10. The molecule has 0 aromatic carbocycles. The van der Waals surface area contributed by atoms with Crippen LogP contribution < -0.4 is 10.1 Å². The predicted octanol–water partition coefficient (Wildman–Crippen LogP) is 2.62. The van der Waals surface area contributed by atoms with E-state index in [0.29, 0.717) is 17.5 Å². The highest BCUT2D eigenvalue weighted by Gasteiger charge is 2.17. The Morgan fingerprint density at radius 1 is 1.47 bits per heavy atom. The number of likely N-dealkylation sites (N-methyl/N-ethyl adjacent to an activating group) is 1. The first-order chi connectivity index (χ1) is 9.24. The van der Waals surface area contributed by atoms with Crippen LogP contribution in [0.2, 0.25) is 5.22 Å². The molecule has 19 heavy (non-hydrogen) atoms. The molecule has 102 valence electrons. The van der Waals surface area contributed by atoms with Crippen molar-refractivity contribution in [3.05, 3.63) is 41.2 Å². The van der Waals surface area contributed by atoms with Gasteiger partial charge in [-0.3, -0.25) is 0 Å². The van der Waals surface area contributed by atoms with Gasteiger partial charge in [0.15, 0.2) is 5.22 Å². The van der Waals surface area contributed by atoms with E-state index in [-0.39, 0.29) is 6.04 Å². The second kappa shape index (κ2) is 6.54. The second-order valence-electron chi connectivity index (χ2n) is 4.02. The Bertz CT molecular complexity index is 530. The highest BCUT2D eigenvalue weighted by Crippen LogP contribution is 2.26. The monoisotopic (exact) mass is 281 g/mol. The lowest BCUT2D eigenvalue weighted by molar-refractivity contribution is 0.395. The normalized spacial score (nSPS) is 12.4. The first-order valence-corrected chi connectivity index (χ1v) is 6.43. The topological polar surface area (TPSA) is 60.2 Å². The molecular formula is C13H16ClN3O2. The van der Waals surface area contributed by atoms with E-state index >= 15 is 0 Å². The number of nitrogens with one attached hydrogen (secondary N) is 1. The average molecular weight is 282 g/mol. The zero-order chi connectivity index (χ0) is 13.7. The number of hydrogen-bond acceptors (Lipinski definition) is 5. The summed E-state index contributed by atoms with van der Waals surface area (Å²) < 4.78 is 10.2. The highest BCUT2D eigenvalue weighted by molar-refractivity contribution is 6.29. The Balaban J connectivity index is 2.18. The first kappa shape index (κ1) is 13.8. The molecule has 0 spiro atoms. The maximum atomic E-state index is 6.03. The summed E-state index contributed by atoms with van der Waals surface area (Å²) in [5, 5.41) is 3.78. The fourth-order valence-electron chi connectivity index (χ4n) is 1.90. The Morgan fingerprint density at radius 3 is 2.95 bits per heavy atom. The number of ether oxygens (including phenoxy) is 1. The molecule has 0 bridgehead atoms. The van der Waals surface area contributed by atoms with E-state index < -0.39 is 0 Å². The van der Waals surface area contributed by atoms with Crippen LogP contribution in [0, 0.1) is 0 Å². The van der Waals surface area contributed by atoms with Gasteiger partial charge in [0.25, 0.3) is 0 Å². The van der Waals surface area contributed by atoms with Crippen molar-refractivity contribution in [2.24, 2.45) is 0 Å². The molecule has 0 aliphatic heterocycles. The molecule has 0 aliphatic carbocycles. The number of furan rings is 1. The molecule has 5 nitrogen and oxygen atoms in total. The fraction of sp³-hybridized carbons (Fsp3) is 0.385. The van der Waals surface area contributed by atoms with Gasteiger partial charge in [0.05, 0.1) is 13.4 Å². The summed E-state index contributed by atoms with van der Waals surface area (Å²) in [5.74, 6) is 0.554. The summed E-state index contributed by atoms with van der Waals surface area (Å²) >= 11 is 6.03. The smallest absolute Gasteiger partial charge is 0.216 e. The molecule has 0 aliphatic rings. The maximum absolute atomic E-state index is 6.03. The molecule has 0 amide bonds. The third kappa shape index (κ3) is 3.45. The standard InChI is InChI=1S/C13H16ClN3O2/c1-3-15-11(10-4-5-19-13(10)14)6-9-7-12(18-2)17-8-16-9/h4-5,7-8,11,15H,3,6H2,1-2H3. The first-order valence-electron chi connectivity index (χ1n) is 6.05. The lowest BCUT2D eigenvalue weighted by Crippen LogP contribution is -2.23. The number of methoxy groups -OCH3 is 1. The summed E-state index contributed by atoms with van der Waals surface area (Å²) in [7, 11) is 1.58. The highest BCUT2D eigenvalue weighted by atomic mass is 35.5. The zero-order valence-corrected chi connectivity index (χ0v) is 11.6. The molecule has 2 rings (SSSR count). The number of aromatic nitrogens is 2. The SMILES string of the molecule is CCNC(Cc1cc(OC)ncn1)c1ccoc1Cl. The van der Waals surface area contributed by atoms with Crippen LogP contribution in [0.25, 0.3) is 0 Å². The maximum Gasteiger partial charge on any atom is 0.216 e. The van der Waals surface area contributed by atoms with E-state index in [1.54, 1.807) is 13.4 Å². The Hall–Kier alpha value is -1.59. The van der Waals surface area contributed by atoms with E-state index in [1.807, 2.05) is 19.1 Å². The van der Waals surface area contributed by atoms with Crippen LogP contribution in [0.15, 0.2) is 29.1 Å². The van der Waals surface area contributed by atoms with E-state index in [2.05, 4.69) is 15.3 Å². The molecule has 0 radical (unpaired) electrons. The van der Waals surface area contributed by atoms with Crippen LogP contribution >= 0.6 is 11.6 Å². The minimum atomic E-state index is 0.0517. The van der Waals surface area contributed by atoms with Crippen LogP contribution in [0.4, 0.5) is 0 Å². The summed E-state index contributed by atoms with van der Waals surface area (Å²) in [4.78, 5) is 8.24. The molecule has 0 fully saturated rings. The van der Waals surface area contributed by atoms with Gasteiger partial charge in [-0.1, -0.05) is 6.92 Å². The second-order valence-corrected chi connectivity index (χ2v) is 4.36. The molecular weight excluding hydrogens is 266 g/mol. The Labute approximate surface area is 117 Å². The number of rotatable bonds is 6. The molecule has 1 unspecified atom stereocenters. The van der Waals surface area contributed by atoms with Crippen molar-refractivity contribution in [1.29, 1.82) is 0 Å². The molecule has 2 aromatic rings. The van der Waals surface area contributed by atoms with Crippen molar-refractivity contribution in [3.8, 4) is 5.88 Å². The van der Waals surface area contributed by atoms with E-state index in [1.165, 1.54) is 6.33 Å². The van der Waals surface area contributed by atoms with Crippen molar-refractivity contribution < 1.29 is 9.15 Å². The molecule has 1 N–H and O–H groups in total. The minimum absolute atomic E-state index is 0.0517. The molecule has 1 atom stereocenters.